The Kier molecular flexibility index (Phi) is 8.54. The highest BCUT2D eigenvalue weighted by atomic mass is 35.5. The number of nitrogens with two attached hydrogens (primary N) is 1. The molecule has 0 aliphatic rings. The van der Waals surface area contributed by atoms with Gasteiger partial charge in [-0.2, -0.15) is 0 Å². The lowest BCUT2D eigenvalue weighted by atomic mass is 10.1. The lowest BCUT2D eigenvalue weighted by Crippen LogP contribution is -2.27. The summed E-state index contributed by atoms with van der Waals surface area (Å²) in [5.74, 6) is -0.607. The molecule has 132 valence electrons. The van der Waals surface area contributed by atoms with Crippen LogP contribution in [-0.2, 0) is 14.8 Å². The van der Waals surface area contributed by atoms with Gasteiger partial charge in [0.05, 0.1) is 16.3 Å². The Morgan fingerprint density at radius 3 is 2.39 bits per heavy atom. The van der Waals surface area contributed by atoms with Crippen molar-refractivity contribution in [1.82, 2.24) is 4.31 Å². The van der Waals surface area contributed by atoms with Crippen LogP contribution in [0.1, 0.15) is 13.8 Å². The minimum absolute atomic E-state index is 0. The van der Waals surface area contributed by atoms with Crippen LogP contribution < -0.4 is 16.4 Å². The third-order valence-electron chi connectivity index (χ3n) is 3.20. The Bertz CT molecular complexity index is 635. The number of anilines is 2. The number of sulfonamides is 1. The Labute approximate surface area is 144 Å². The molecule has 9 heteroatoms. The lowest BCUT2D eigenvalue weighted by Gasteiger charge is -2.17. The molecule has 1 aromatic carbocycles. The molecular weight excluding hydrogens is 340 g/mol. The molecule has 7 nitrogen and oxygen atoms in total. The fourth-order valence-corrected chi connectivity index (χ4v) is 2.63. The van der Waals surface area contributed by atoms with Gasteiger partial charge in [-0.25, -0.2) is 12.7 Å². The predicted molar refractivity (Wildman–Crippen MR) is 95.6 cm³/mol. The minimum Gasteiger partial charge on any atom is -0.384 e. The molecule has 1 aromatic rings. The van der Waals surface area contributed by atoms with Crippen molar-refractivity contribution >= 4 is 39.7 Å². The molecule has 0 aromatic heterocycles. The van der Waals surface area contributed by atoms with Gasteiger partial charge in [0.2, 0.25) is 15.9 Å². The van der Waals surface area contributed by atoms with E-state index >= 15 is 0 Å². The molecule has 0 fully saturated rings. The van der Waals surface area contributed by atoms with Gasteiger partial charge in [0.15, 0.2) is 0 Å². The van der Waals surface area contributed by atoms with Crippen molar-refractivity contribution in [3.05, 3.63) is 18.2 Å². The summed E-state index contributed by atoms with van der Waals surface area (Å²) in [5.41, 5.74) is 6.57. The van der Waals surface area contributed by atoms with Crippen molar-refractivity contribution < 1.29 is 13.2 Å². The highest BCUT2D eigenvalue weighted by Gasteiger charge is 2.20. The van der Waals surface area contributed by atoms with Crippen LogP contribution in [0.3, 0.4) is 0 Å². The van der Waals surface area contributed by atoms with Gasteiger partial charge in [-0.15, -0.1) is 12.4 Å². The van der Waals surface area contributed by atoms with Crippen LogP contribution in [0.15, 0.2) is 23.1 Å². The molecular formula is C14H25ClN4O3S. The number of nitrogens with one attached hydrogen (secondary N) is 2. The quantitative estimate of drug-likeness (QED) is 0.676. The zero-order valence-electron chi connectivity index (χ0n) is 13.8. The van der Waals surface area contributed by atoms with E-state index in [0.29, 0.717) is 17.9 Å². The zero-order chi connectivity index (χ0) is 16.9. The Balaban J connectivity index is 0.00000484. The van der Waals surface area contributed by atoms with Crippen molar-refractivity contribution in [3.8, 4) is 0 Å². The van der Waals surface area contributed by atoms with E-state index in [4.69, 9.17) is 5.73 Å². The van der Waals surface area contributed by atoms with Crippen LogP contribution >= 0.6 is 12.4 Å². The van der Waals surface area contributed by atoms with E-state index in [1.54, 1.807) is 13.0 Å². The normalized spacial score (nSPS) is 12.4. The number of nitrogens with zero attached hydrogens (tertiary/aromatic N) is 1. The molecule has 1 unspecified atom stereocenters. The first kappa shape index (κ1) is 21.6. The van der Waals surface area contributed by atoms with E-state index in [9.17, 15) is 13.2 Å². The van der Waals surface area contributed by atoms with E-state index in [2.05, 4.69) is 10.6 Å². The third kappa shape index (κ3) is 5.35. The van der Waals surface area contributed by atoms with Gasteiger partial charge in [0.1, 0.15) is 0 Å². The second-order valence-corrected chi connectivity index (χ2v) is 7.30. The van der Waals surface area contributed by atoms with E-state index < -0.39 is 10.0 Å². The molecule has 0 radical (unpaired) electrons. The molecule has 0 saturated carbocycles. The summed E-state index contributed by atoms with van der Waals surface area (Å²) < 4.78 is 25.5. The molecule has 23 heavy (non-hydrogen) atoms. The van der Waals surface area contributed by atoms with Crippen LogP contribution in [-0.4, -0.2) is 45.8 Å². The van der Waals surface area contributed by atoms with E-state index in [1.807, 2.05) is 6.92 Å². The van der Waals surface area contributed by atoms with Crippen molar-refractivity contribution in [2.45, 2.75) is 18.7 Å². The third-order valence-corrected chi connectivity index (χ3v) is 5.01. The van der Waals surface area contributed by atoms with Gasteiger partial charge < -0.3 is 16.4 Å². The van der Waals surface area contributed by atoms with Crippen LogP contribution in [0.4, 0.5) is 11.4 Å². The van der Waals surface area contributed by atoms with Crippen LogP contribution in [0, 0.1) is 5.92 Å². The topological polar surface area (TPSA) is 105 Å². The molecule has 0 heterocycles. The fourth-order valence-electron chi connectivity index (χ4n) is 1.71. The van der Waals surface area contributed by atoms with Crippen LogP contribution in [0.25, 0.3) is 0 Å². The van der Waals surface area contributed by atoms with Gasteiger partial charge in [0.25, 0.3) is 0 Å². The average molecular weight is 365 g/mol. The van der Waals surface area contributed by atoms with Crippen molar-refractivity contribution in [2.24, 2.45) is 11.7 Å². The molecule has 4 N–H and O–H groups in total. The first-order valence-corrected chi connectivity index (χ1v) is 8.49. The maximum Gasteiger partial charge on any atom is 0.242 e. The lowest BCUT2D eigenvalue weighted by molar-refractivity contribution is -0.119. The summed E-state index contributed by atoms with van der Waals surface area (Å²) >= 11 is 0. The Morgan fingerprint density at radius 1 is 1.30 bits per heavy atom. The second-order valence-electron chi connectivity index (χ2n) is 5.15. The van der Waals surface area contributed by atoms with E-state index in [1.165, 1.54) is 26.2 Å². The smallest absolute Gasteiger partial charge is 0.242 e. The van der Waals surface area contributed by atoms with E-state index in [0.717, 1.165) is 4.31 Å². The minimum atomic E-state index is -3.56. The predicted octanol–water partition coefficient (Wildman–Crippen LogP) is 1.32. The maximum absolute atomic E-state index is 12.2. The first-order chi connectivity index (χ1) is 10.2. The zero-order valence-corrected chi connectivity index (χ0v) is 15.4. The average Bonchev–Trinajstić information content (AvgIpc) is 2.47. The fraction of sp³-hybridized carbons (Fsp3) is 0.500. The Morgan fingerprint density at radius 2 is 1.91 bits per heavy atom. The number of carbonyl (C=O) groups is 1. The number of amides is 1. The van der Waals surface area contributed by atoms with Gasteiger partial charge >= 0.3 is 0 Å². The molecule has 0 aliphatic heterocycles. The van der Waals surface area contributed by atoms with Crippen molar-refractivity contribution in [2.75, 3.05) is 37.8 Å². The van der Waals surface area contributed by atoms with Gasteiger partial charge in [0, 0.05) is 33.1 Å². The van der Waals surface area contributed by atoms with Crippen LogP contribution in [0.2, 0.25) is 0 Å². The van der Waals surface area contributed by atoms with Crippen molar-refractivity contribution in [3.63, 3.8) is 0 Å². The van der Waals surface area contributed by atoms with Gasteiger partial charge in [-0.1, -0.05) is 6.92 Å². The summed E-state index contributed by atoms with van der Waals surface area (Å²) in [6.45, 7) is 4.49. The molecule has 1 rings (SSSR count). The molecule has 1 atom stereocenters. The monoisotopic (exact) mass is 364 g/mol. The summed E-state index contributed by atoms with van der Waals surface area (Å²) in [5, 5.41) is 5.82. The number of halogens is 1. The highest BCUT2D eigenvalue weighted by Crippen LogP contribution is 2.27. The van der Waals surface area contributed by atoms with Crippen molar-refractivity contribution in [1.29, 1.82) is 0 Å². The Hall–Kier alpha value is -1.35. The second kappa shape index (κ2) is 9.07. The summed E-state index contributed by atoms with van der Waals surface area (Å²) in [6.07, 6.45) is 0. The summed E-state index contributed by atoms with van der Waals surface area (Å²) in [6, 6.07) is 4.60. The van der Waals surface area contributed by atoms with E-state index in [-0.39, 0.29) is 35.7 Å². The number of benzene rings is 1. The van der Waals surface area contributed by atoms with Gasteiger partial charge in [-0.05, 0) is 25.1 Å². The van der Waals surface area contributed by atoms with Crippen LogP contribution in [0.5, 0.6) is 0 Å². The van der Waals surface area contributed by atoms with Gasteiger partial charge in [-0.3, -0.25) is 4.79 Å². The largest absolute Gasteiger partial charge is 0.384 e. The number of hydrogen-bond acceptors (Lipinski definition) is 5. The molecule has 0 aliphatic carbocycles. The number of hydrogen-bond donors (Lipinski definition) is 3. The molecule has 0 saturated heterocycles. The first-order valence-electron chi connectivity index (χ1n) is 7.05. The SMILES string of the molecule is CCNc1ccc(S(=O)(=O)N(C)C)cc1NC(=O)C(C)CN.Cl. The molecule has 1 amide bonds. The number of rotatable bonds is 7. The summed E-state index contributed by atoms with van der Waals surface area (Å²) in [7, 11) is -0.642. The number of carbonyl (C=O) groups excluding carboxylic acids is 1. The maximum atomic E-state index is 12.2. The standard InChI is InChI=1S/C14H24N4O3S.ClH/c1-5-16-12-7-6-11(22(20,21)18(3)4)8-13(12)17-14(19)10(2)9-15;/h6-8,10,16H,5,9,15H2,1-4H3,(H,17,19);1H. The highest BCUT2D eigenvalue weighted by molar-refractivity contribution is 7.89. The molecule has 0 bridgehead atoms. The molecule has 0 spiro atoms. The summed E-state index contributed by atoms with van der Waals surface area (Å²) in [4.78, 5) is 12.1.